The van der Waals surface area contributed by atoms with Gasteiger partial charge in [-0.05, 0) is 60.7 Å². The lowest BCUT2D eigenvalue weighted by molar-refractivity contribution is 0.0696. The molecule has 3 aromatic rings. The van der Waals surface area contributed by atoms with Gasteiger partial charge in [0, 0.05) is 22.5 Å². The number of aromatic carboxylic acids is 1. The van der Waals surface area contributed by atoms with Crippen molar-refractivity contribution < 1.29 is 14.7 Å². The highest BCUT2D eigenvalue weighted by Crippen LogP contribution is 2.13. The number of benzene rings is 2. The molecule has 1 amide bonds. The maximum Gasteiger partial charge on any atom is 0.335 e. The third kappa shape index (κ3) is 3.99. The molecule has 0 aliphatic carbocycles. The number of amides is 1. The summed E-state index contributed by atoms with van der Waals surface area (Å²) >= 11 is 5.79. The summed E-state index contributed by atoms with van der Waals surface area (Å²) in [5.74, 6) is -1.32. The Morgan fingerprint density at radius 1 is 1.00 bits per heavy atom. The molecule has 1 heterocycles. The largest absolute Gasteiger partial charge is 0.478 e. The first kappa shape index (κ1) is 17.4. The first-order chi connectivity index (χ1) is 12.5. The van der Waals surface area contributed by atoms with E-state index in [-0.39, 0.29) is 11.5 Å². The number of nitrogens with zero attached hydrogens (tertiary/aromatic N) is 2. The molecular formula is C19H14ClN3O3. The molecule has 0 fully saturated rings. The van der Waals surface area contributed by atoms with Crippen LogP contribution in [-0.4, -0.2) is 27.8 Å². The van der Waals surface area contributed by atoms with Crippen LogP contribution in [0.3, 0.4) is 0 Å². The highest BCUT2D eigenvalue weighted by Gasteiger charge is 2.06. The van der Waals surface area contributed by atoms with Crippen molar-refractivity contribution >= 4 is 29.7 Å². The van der Waals surface area contributed by atoms with Crippen LogP contribution in [0.1, 0.15) is 26.4 Å². The lowest BCUT2D eigenvalue weighted by atomic mass is 10.2. The minimum atomic E-state index is -0.976. The summed E-state index contributed by atoms with van der Waals surface area (Å²) < 4.78 is 1.82. The van der Waals surface area contributed by atoms with Gasteiger partial charge in [-0.3, -0.25) is 4.79 Å². The van der Waals surface area contributed by atoms with E-state index in [0.717, 1.165) is 11.4 Å². The van der Waals surface area contributed by atoms with Crippen LogP contribution in [0.2, 0.25) is 5.02 Å². The second-order valence-electron chi connectivity index (χ2n) is 5.36. The van der Waals surface area contributed by atoms with Gasteiger partial charge in [0.25, 0.3) is 5.91 Å². The van der Waals surface area contributed by atoms with Crippen LogP contribution >= 0.6 is 11.6 Å². The topological polar surface area (TPSA) is 83.7 Å². The lowest BCUT2D eigenvalue weighted by Crippen LogP contribution is -2.17. The van der Waals surface area contributed by atoms with Crippen LogP contribution in [-0.2, 0) is 0 Å². The van der Waals surface area contributed by atoms with Gasteiger partial charge < -0.3 is 9.67 Å². The highest BCUT2D eigenvalue weighted by molar-refractivity contribution is 6.30. The molecule has 3 rings (SSSR count). The van der Waals surface area contributed by atoms with Crippen LogP contribution in [0.4, 0.5) is 0 Å². The van der Waals surface area contributed by atoms with Crippen LogP contribution < -0.4 is 5.43 Å². The number of carboxylic acid groups (broad SMARTS) is 1. The number of carbonyl (C=O) groups excluding carboxylic acids is 1. The molecule has 0 saturated carbocycles. The van der Waals surface area contributed by atoms with Gasteiger partial charge in [-0.1, -0.05) is 11.6 Å². The SMILES string of the molecule is O=C(O)c1ccc(-n2cccc2/C=N\NC(=O)c2ccc(Cl)cc2)cc1. The third-order valence-corrected chi connectivity index (χ3v) is 3.89. The quantitative estimate of drug-likeness (QED) is 0.534. The zero-order valence-electron chi connectivity index (χ0n) is 13.5. The van der Waals surface area contributed by atoms with Crippen LogP contribution in [0, 0.1) is 0 Å². The number of hydrogen-bond donors (Lipinski definition) is 2. The van der Waals surface area contributed by atoms with Gasteiger partial charge in [-0.25, -0.2) is 10.2 Å². The van der Waals surface area contributed by atoms with Gasteiger partial charge in [0.2, 0.25) is 0 Å². The lowest BCUT2D eigenvalue weighted by Gasteiger charge is -2.06. The van der Waals surface area contributed by atoms with E-state index < -0.39 is 5.97 Å². The highest BCUT2D eigenvalue weighted by atomic mass is 35.5. The Morgan fingerprint density at radius 2 is 1.65 bits per heavy atom. The molecule has 0 unspecified atom stereocenters. The number of halogens is 1. The average molecular weight is 368 g/mol. The van der Waals surface area contributed by atoms with Crippen molar-refractivity contribution in [2.75, 3.05) is 0 Å². The zero-order valence-corrected chi connectivity index (χ0v) is 14.2. The molecule has 0 aliphatic rings. The Labute approximate surface area is 154 Å². The summed E-state index contributed by atoms with van der Waals surface area (Å²) in [7, 11) is 0. The standard InChI is InChI=1S/C19H14ClN3O3/c20-15-7-3-13(4-8-15)18(24)22-21-12-17-2-1-11-23(17)16-9-5-14(6-10-16)19(25)26/h1-12H,(H,22,24)(H,25,26)/b21-12-. The van der Waals surface area contributed by atoms with Crippen molar-refractivity contribution in [1.29, 1.82) is 0 Å². The van der Waals surface area contributed by atoms with Crippen molar-refractivity contribution in [2.24, 2.45) is 5.10 Å². The fourth-order valence-electron chi connectivity index (χ4n) is 2.32. The number of hydrogen-bond acceptors (Lipinski definition) is 3. The van der Waals surface area contributed by atoms with E-state index in [2.05, 4.69) is 10.5 Å². The first-order valence-corrected chi connectivity index (χ1v) is 8.02. The normalized spacial score (nSPS) is 10.8. The predicted octanol–water partition coefficient (Wildman–Crippen LogP) is 3.59. The van der Waals surface area contributed by atoms with Crippen LogP contribution in [0.5, 0.6) is 0 Å². The number of aromatic nitrogens is 1. The molecular weight excluding hydrogens is 354 g/mol. The maximum atomic E-state index is 12.0. The molecule has 2 N–H and O–H groups in total. The van der Waals surface area contributed by atoms with E-state index in [9.17, 15) is 9.59 Å². The minimum Gasteiger partial charge on any atom is -0.478 e. The van der Waals surface area contributed by atoms with Crippen LogP contribution in [0.25, 0.3) is 5.69 Å². The second kappa shape index (κ2) is 7.67. The number of carboxylic acids is 1. The predicted molar refractivity (Wildman–Crippen MR) is 99.2 cm³/mol. The molecule has 0 spiro atoms. The fraction of sp³-hybridized carbons (Fsp3) is 0. The van der Waals surface area contributed by atoms with Crippen molar-refractivity contribution in [2.45, 2.75) is 0 Å². The molecule has 2 aromatic carbocycles. The third-order valence-electron chi connectivity index (χ3n) is 3.64. The summed E-state index contributed by atoms with van der Waals surface area (Å²) in [6, 6.07) is 16.6. The Balaban J connectivity index is 1.72. The zero-order chi connectivity index (χ0) is 18.5. The fourth-order valence-corrected chi connectivity index (χ4v) is 2.45. The molecule has 130 valence electrons. The Kier molecular flexibility index (Phi) is 5.15. The van der Waals surface area contributed by atoms with Gasteiger partial charge in [0.05, 0.1) is 17.5 Å². The number of hydrazone groups is 1. The van der Waals surface area contributed by atoms with Crippen molar-refractivity contribution in [3.05, 3.63) is 88.7 Å². The smallest absolute Gasteiger partial charge is 0.335 e. The van der Waals surface area contributed by atoms with Crippen molar-refractivity contribution in [1.82, 2.24) is 9.99 Å². The number of carbonyl (C=O) groups is 2. The summed E-state index contributed by atoms with van der Waals surface area (Å²) in [5.41, 5.74) is 4.63. The maximum absolute atomic E-state index is 12.0. The number of nitrogens with one attached hydrogen (secondary N) is 1. The Hall–Kier alpha value is -3.38. The monoisotopic (exact) mass is 367 g/mol. The van der Waals surface area contributed by atoms with Crippen LogP contribution in [0.15, 0.2) is 72.0 Å². The minimum absolute atomic E-state index is 0.214. The van der Waals surface area contributed by atoms with Gasteiger partial charge >= 0.3 is 5.97 Å². The molecule has 0 radical (unpaired) electrons. The van der Waals surface area contributed by atoms with Crippen molar-refractivity contribution in [3.63, 3.8) is 0 Å². The first-order valence-electron chi connectivity index (χ1n) is 7.64. The van der Waals surface area contributed by atoms with Gasteiger partial charge in [0.1, 0.15) is 0 Å². The average Bonchev–Trinajstić information content (AvgIpc) is 3.10. The molecule has 7 heteroatoms. The molecule has 0 bridgehead atoms. The van der Waals surface area contributed by atoms with E-state index in [1.807, 2.05) is 22.9 Å². The van der Waals surface area contributed by atoms with Gasteiger partial charge in [-0.2, -0.15) is 5.10 Å². The second-order valence-corrected chi connectivity index (χ2v) is 5.80. The molecule has 0 saturated heterocycles. The van der Waals surface area contributed by atoms with E-state index in [1.54, 1.807) is 36.4 Å². The van der Waals surface area contributed by atoms with E-state index in [4.69, 9.17) is 16.7 Å². The molecule has 6 nitrogen and oxygen atoms in total. The van der Waals surface area contributed by atoms with Gasteiger partial charge in [0.15, 0.2) is 0 Å². The van der Waals surface area contributed by atoms with E-state index in [0.29, 0.717) is 10.6 Å². The Bertz CT molecular complexity index is 960. The van der Waals surface area contributed by atoms with E-state index in [1.165, 1.54) is 18.3 Å². The van der Waals surface area contributed by atoms with Gasteiger partial charge in [-0.15, -0.1) is 0 Å². The summed E-state index contributed by atoms with van der Waals surface area (Å²) in [6.45, 7) is 0. The van der Waals surface area contributed by atoms with Crippen molar-refractivity contribution in [3.8, 4) is 5.69 Å². The molecule has 26 heavy (non-hydrogen) atoms. The summed E-state index contributed by atoms with van der Waals surface area (Å²) in [5, 5.41) is 13.5. The molecule has 0 aliphatic heterocycles. The Morgan fingerprint density at radius 3 is 2.31 bits per heavy atom. The number of rotatable bonds is 5. The van der Waals surface area contributed by atoms with E-state index >= 15 is 0 Å². The summed E-state index contributed by atoms with van der Waals surface area (Å²) in [6.07, 6.45) is 3.33. The molecule has 0 atom stereocenters. The summed E-state index contributed by atoms with van der Waals surface area (Å²) in [4.78, 5) is 22.9. The molecule has 1 aromatic heterocycles.